The van der Waals surface area contributed by atoms with E-state index in [-0.39, 0.29) is 0 Å². The van der Waals surface area contributed by atoms with E-state index in [2.05, 4.69) is 139 Å². The number of thiazole rings is 1. The summed E-state index contributed by atoms with van der Waals surface area (Å²) in [6.07, 6.45) is 0. The van der Waals surface area contributed by atoms with Crippen molar-refractivity contribution in [2.45, 2.75) is 6.92 Å². The molecule has 1 aliphatic rings. The molecule has 0 amide bonds. The van der Waals surface area contributed by atoms with Gasteiger partial charge in [-0.15, -0.1) is 0 Å². The van der Waals surface area contributed by atoms with Crippen molar-refractivity contribution in [2.24, 2.45) is 0 Å². The molecule has 0 radical (unpaired) electrons. The molecule has 8 aromatic rings. The molecule has 0 atom stereocenters. The minimum absolute atomic E-state index is 1.04. The Bertz CT molecular complexity index is 2330. The van der Waals surface area contributed by atoms with E-state index in [4.69, 9.17) is 4.98 Å². The number of fused-ring (bicyclic) bond motifs is 13. The molecular weight excluding hydrogens is 516 g/mol. The van der Waals surface area contributed by atoms with Crippen molar-refractivity contribution in [3.05, 3.63) is 133 Å². The summed E-state index contributed by atoms with van der Waals surface area (Å²) in [4.78, 5) is 6.08. The summed E-state index contributed by atoms with van der Waals surface area (Å²) in [6, 6.07) is 46.6. The first-order chi connectivity index (χ1) is 20.3. The Kier molecular flexibility index (Phi) is 4.73. The van der Waals surface area contributed by atoms with Crippen LogP contribution in [-0.2, 0) is 0 Å². The first-order valence-corrected chi connectivity index (χ1v) is 14.8. The van der Waals surface area contributed by atoms with Gasteiger partial charge >= 0.3 is 0 Å². The normalized spacial score (nSPS) is 12.0. The van der Waals surface area contributed by atoms with E-state index in [0.29, 0.717) is 0 Å². The molecular formula is C38H24N2S. The highest BCUT2D eigenvalue weighted by Crippen LogP contribution is 2.49. The molecule has 192 valence electrons. The highest BCUT2D eigenvalue weighted by molar-refractivity contribution is 7.24. The number of para-hydroxylation sites is 1. The molecule has 0 aliphatic heterocycles. The summed E-state index contributed by atoms with van der Waals surface area (Å²) in [7, 11) is 0. The van der Waals surface area contributed by atoms with Crippen LogP contribution in [0.5, 0.6) is 0 Å². The fraction of sp³-hybridized carbons (Fsp3) is 0.0263. The number of hydrogen-bond donors (Lipinski definition) is 0. The van der Waals surface area contributed by atoms with Crippen LogP contribution >= 0.6 is 11.3 Å². The number of rotatable bonds is 1. The lowest BCUT2D eigenvalue weighted by Gasteiger charge is -2.23. The van der Waals surface area contributed by atoms with E-state index in [1.54, 1.807) is 11.3 Å². The minimum Gasteiger partial charge on any atom is -0.283 e. The molecule has 0 spiro atoms. The van der Waals surface area contributed by atoms with Crippen LogP contribution < -0.4 is 0 Å². The molecule has 9 rings (SSSR count). The van der Waals surface area contributed by atoms with E-state index in [1.807, 2.05) is 0 Å². The van der Waals surface area contributed by atoms with Crippen molar-refractivity contribution in [3.63, 3.8) is 0 Å². The van der Waals surface area contributed by atoms with Crippen LogP contribution in [0.2, 0.25) is 0 Å². The van der Waals surface area contributed by atoms with Gasteiger partial charge < -0.3 is 0 Å². The van der Waals surface area contributed by atoms with Crippen LogP contribution in [0.4, 0.5) is 0 Å². The summed E-state index contributed by atoms with van der Waals surface area (Å²) in [5.74, 6) is 0. The molecule has 2 aromatic heterocycles. The second kappa shape index (κ2) is 8.50. The molecule has 0 saturated carbocycles. The Hall–Kier alpha value is -4.99. The van der Waals surface area contributed by atoms with Crippen LogP contribution in [0.1, 0.15) is 5.56 Å². The van der Waals surface area contributed by atoms with Gasteiger partial charge in [0, 0.05) is 5.56 Å². The Morgan fingerprint density at radius 2 is 1.00 bits per heavy atom. The van der Waals surface area contributed by atoms with Gasteiger partial charge in [0.25, 0.3) is 0 Å². The van der Waals surface area contributed by atoms with Crippen molar-refractivity contribution in [2.75, 3.05) is 0 Å². The molecule has 41 heavy (non-hydrogen) atoms. The Morgan fingerprint density at radius 1 is 0.488 bits per heavy atom. The summed E-state index contributed by atoms with van der Waals surface area (Å²) in [6.45, 7) is 2.14. The van der Waals surface area contributed by atoms with Gasteiger partial charge in [-0.3, -0.25) is 4.40 Å². The number of aryl methyl sites for hydroxylation is 1. The maximum absolute atomic E-state index is 5.04. The van der Waals surface area contributed by atoms with Crippen LogP contribution in [-0.4, -0.2) is 9.38 Å². The predicted molar refractivity (Wildman–Crippen MR) is 174 cm³/mol. The highest BCUT2D eigenvalue weighted by Gasteiger charge is 2.22. The Balaban J connectivity index is 1.33. The Morgan fingerprint density at radius 3 is 1.63 bits per heavy atom. The number of aromatic nitrogens is 2. The molecule has 2 nitrogen and oxygen atoms in total. The fourth-order valence-corrected chi connectivity index (χ4v) is 7.84. The summed E-state index contributed by atoms with van der Waals surface area (Å²) in [5, 5.41) is 0. The van der Waals surface area contributed by atoms with Gasteiger partial charge in [0.2, 0.25) is 0 Å². The smallest absolute Gasteiger partial charge is 0.195 e. The van der Waals surface area contributed by atoms with Gasteiger partial charge in [-0.1, -0.05) is 121 Å². The second-order valence-corrected chi connectivity index (χ2v) is 11.8. The zero-order chi connectivity index (χ0) is 27.1. The van der Waals surface area contributed by atoms with Gasteiger partial charge in [-0.25, -0.2) is 4.98 Å². The van der Waals surface area contributed by atoms with Gasteiger partial charge in [0.1, 0.15) is 0 Å². The topological polar surface area (TPSA) is 17.3 Å². The maximum Gasteiger partial charge on any atom is 0.195 e. The van der Waals surface area contributed by atoms with Crippen LogP contribution in [0, 0.1) is 6.92 Å². The third-order valence-electron chi connectivity index (χ3n) is 8.56. The quantitative estimate of drug-likeness (QED) is 0.202. The van der Waals surface area contributed by atoms with Gasteiger partial charge in [0.05, 0.1) is 21.3 Å². The molecule has 0 fully saturated rings. The monoisotopic (exact) mass is 540 g/mol. The molecule has 3 heteroatoms. The first-order valence-electron chi connectivity index (χ1n) is 14.0. The third kappa shape index (κ3) is 3.21. The van der Waals surface area contributed by atoms with Gasteiger partial charge in [-0.2, -0.15) is 0 Å². The zero-order valence-corrected chi connectivity index (χ0v) is 23.2. The molecule has 0 N–H and O–H groups in total. The van der Waals surface area contributed by atoms with Crippen molar-refractivity contribution < 1.29 is 0 Å². The molecule has 0 unspecified atom stereocenters. The van der Waals surface area contributed by atoms with E-state index in [9.17, 15) is 0 Å². The lowest BCUT2D eigenvalue weighted by atomic mass is 9.80. The first kappa shape index (κ1) is 22.8. The van der Waals surface area contributed by atoms with Gasteiger partial charge in [-0.05, 0) is 80.8 Å². The number of imidazole rings is 1. The largest absolute Gasteiger partial charge is 0.283 e. The molecule has 0 bridgehead atoms. The van der Waals surface area contributed by atoms with E-state index >= 15 is 0 Å². The molecule has 0 saturated heterocycles. The molecule has 2 heterocycles. The average Bonchev–Trinajstić information content (AvgIpc) is 3.58. The summed E-state index contributed by atoms with van der Waals surface area (Å²) < 4.78 is 3.59. The fourth-order valence-electron chi connectivity index (χ4n) is 6.67. The highest BCUT2D eigenvalue weighted by atomic mass is 32.1. The van der Waals surface area contributed by atoms with E-state index < -0.39 is 0 Å². The SMILES string of the molecule is Cc1cccc2c1nc1sc3c(-c4ccc5c(c4)-c4ccccc4-c4ccccc4-c4ccccc4-5)cccc3n12. The number of hydrogen-bond acceptors (Lipinski definition) is 2. The third-order valence-corrected chi connectivity index (χ3v) is 9.65. The standard InChI is InChI=1S/C38H24N2S/c1-23-10-8-18-34-36(23)39-38-40(34)35-19-9-17-25(37(35)41-38)24-20-21-32-30-15-5-4-13-28(30)26-11-2-3-12-27(26)29-14-6-7-16-31(29)33(32)22-24/h2-22H,1H3. The number of nitrogens with zero attached hydrogens (tertiary/aromatic N) is 2. The van der Waals surface area contributed by atoms with Crippen molar-refractivity contribution in [1.29, 1.82) is 0 Å². The van der Waals surface area contributed by atoms with Crippen LogP contribution in [0.25, 0.3) is 81.8 Å². The molecule has 6 aromatic carbocycles. The van der Waals surface area contributed by atoms with Crippen molar-refractivity contribution in [3.8, 4) is 55.6 Å². The van der Waals surface area contributed by atoms with Crippen molar-refractivity contribution in [1.82, 2.24) is 9.38 Å². The van der Waals surface area contributed by atoms with Crippen LogP contribution in [0.15, 0.2) is 127 Å². The minimum atomic E-state index is 1.04. The number of benzene rings is 6. The zero-order valence-electron chi connectivity index (χ0n) is 22.4. The lowest BCUT2D eigenvalue weighted by Crippen LogP contribution is -1.97. The van der Waals surface area contributed by atoms with E-state index in [0.717, 1.165) is 10.5 Å². The van der Waals surface area contributed by atoms with E-state index in [1.165, 1.54) is 76.9 Å². The average molecular weight is 541 g/mol. The van der Waals surface area contributed by atoms with Crippen molar-refractivity contribution >= 4 is 37.5 Å². The second-order valence-electron chi connectivity index (χ2n) is 10.8. The molecule has 1 aliphatic carbocycles. The lowest BCUT2D eigenvalue weighted by molar-refractivity contribution is 1.35. The Labute approximate surface area is 241 Å². The predicted octanol–water partition coefficient (Wildman–Crippen LogP) is 10.7. The summed E-state index contributed by atoms with van der Waals surface area (Å²) >= 11 is 1.78. The van der Waals surface area contributed by atoms with Crippen LogP contribution in [0.3, 0.4) is 0 Å². The van der Waals surface area contributed by atoms with Gasteiger partial charge in [0.15, 0.2) is 4.96 Å². The maximum atomic E-state index is 5.04. The summed E-state index contributed by atoms with van der Waals surface area (Å²) in [5.41, 5.74) is 17.3.